The molecule has 2 heterocycles. The number of nitrogens with one attached hydrogen (secondary N) is 2. The number of primary amides is 1. The van der Waals surface area contributed by atoms with Crippen molar-refractivity contribution in [3.63, 3.8) is 0 Å². The topological polar surface area (TPSA) is 155 Å². The molecule has 2 fully saturated rings. The van der Waals surface area contributed by atoms with Crippen molar-refractivity contribution in [2.24, 2.45) is 5.73 Å². The summed E-state index contributed by atoms with van der Waals surface area (Å²) in [6.45, 7) is 3.82. The fourth-order valence-electron chi connectivity index (χ4n) is 4.31. The van der Waals surface area contributed by atoms with Crippen LogP contribution in [0.25, 0.3) is 0 Å². The number of aliphatic hydroxyl groups excluding tert-OH is 1. The van der Waals surface area contributed by atoms with E-state index in [2.05, 4.69) is 20.9 Å². The maximum Gasteiger partial charge on any atom is 0.248 e. The first-order valence-electron chi connectivity index (χ1n) is 9.80. The van der Waals surface area contributed by atoms with Crippen molar-refractivity contribution in [3.05, 3.63) is 11.9 Å². The van der Waals surface area contributed by atoms with Gasteiger partial charge in [0.15, 0.2) is 6.10 Å². The van der Waals surface area contributed by atoms with E-state index in [4.69, 9.17) is 5.73 Å². The normalized spacial score (nSPS) is 26.0. The molecule has 3 rings (SSSR count). The third-order valence-corrected chi connectivity index (χ3v) is 5.88. The molecular formula is C18H30N6O4. The predicted molar refractivity (Wildman–Crippen MR) is 99.9 cm³/mol. The molecule has 10 nitrogen and oxygen atoms in total. The van der Waals surface area contributed by atoms with Gasteiger partial charge in [-0.2, -0.15) is 0 Å². The number of aromatic nitrogens is 3. The van der Waals surface area contributed by atoms with Gasteiger partial charge in [0.1, 0.15) is 5.60 Å². The Morgan fingerprint density at radius 2 is 2.07 bits per heavy atom. The second kappa shape index (κ2) is 7.76. The highest BCUT2D eigenvalue weighted by Gasteiger charge is 2.45. The minimum Gasteiger partial charge on any atom is -0.384 e. The van der Waals surface area contributed by atoms with Crippen molar-refractivity contribution in [1.82, 2.24) is 25.6 Å². The molecule has 1 aromatic rings. The molecular weight excluding hydrogens is 364 g/mol. The lowest BCUT2D eigenvalue weighted by Gasteiger charge is -2.41. The minimum atomic E-state index is -1.41. The Morgan fingerprint density at radius 1 is 1.39 bits per heavy atom. The van der Waals surface area contributed by atoms with E-state index in [1.807, 2.05) is 0 Å². The maximum absolute atomic E-state index is 12.9. The van der Waals surface area contributed by atoms with Crippen LogP contribution >= 0.6 is 0 Å². The molecule has 0 spiro atoms. The molecule has 1 aliphatic carbocycles. The van der Waals surface area contributed by atoms with Gasteiger partial charge < -0.3 is 26.6 Å². The van der Waals surface area contributed by atoms with Gasteiger partial charge in [0.2, 0.25) is 11.8 Å². The van der Waals surface area contributed by atoms with Crippen LogP contribution in [0.4, 0.5) is 0 Å². The molecule has 1 aliphatic heterocycles. The number of amides is 2. The zero-order chi connectivity index (χ0) is 20.5. The van der Waals surface area contributed by atoms with Crippen LogP contribution in [0.15, 0.2) is 6.20 Å². The molecule has 0 bridgehead atoms. The summed E-state index contributed by atoms with van der Waals surface area (Å²) in [4.78, 5) is 24.5. The van der Waals surface area contributed by atoms with Crippen LogP contribution in [0, 0.1) is 0 Å². The summed E-state index contributed by atoms with van der Waals surface area (Å²) in [7, 11) is 0. The number of nitrogens with two attached hydrogens (primary N) is 1. The van der Waals surface area contributed by atoms with Crippen molar-refractivity contribution in [1.29, 1.82) is 0 Å². The number of nitrogens with zero attached hydrogens (tertiary/aromatic N) is 3. The summed E-state index contributed by atoms with van der Waals surface area (Å²) in [6.07, 6.45) is 4.24. The fourth-order valence-corrected chi connectivity index (χ4v) is 4.31. The first-order valence-corrected chi connectivity index (χ1v) is 9.80. The molecule has 10 heteroatoms. The Balaban J connectivity index is 1.70. The van der Waals surface area contributed by atoms with Crippen LogP contribution in [-0.4, -0.2) is 61.3 Å². The number of hydrogen-bond acceptors (Lipinski definition) is 7. The van der Waals surface area contributed by atoms with E-state index in [1.165, 1.54) is 6.20 Å². The highest BCUT2D eigenvalue weighted by atomic mass is 16.3. The maximum atomic E-state index is 12.9. The van der Waals surface area contributed by atoms with Gasteiger partial charge in [0, 0.05) is 6.54 Å². The molecule has 1 saturated heterocycles. The smallest absolute Gasteiger partial charge is 0.248 e. The fraction of sp³-hybridized carbons (Fsp3) is 0.778. The number of rotatable bonds is 6. The summed E-state index contributed by atoms with van der Waals surface area (Å²) < 4.78 is 1.65. The highest BCUT2D eigenvalue weighted by molar-refractivity contribution is 5.86. The summed E-state index contributed by atoms with van der Waals surface area (Å²) in [5, 5.41) is 34.7. The molecule has 3 atom stereocenters. The van der Waals surface area contributed by atoms with Crippen molar-refractivity contribution in [3.8, 4) is 0 Å². The number of aliphatic hydroxyl groups is 2. The van der Waals surface area contributed by atoms with Gasteiger partial charge in [-0.05, 0) is 33.1 Å². The number of carbonyl (C=O) groups is 2. The Morgan fingerprint density at radius 3 is 2.68 bits per heavy atom. The molecule has 156 valence electrons. The van der Waals surface area contributed by atoms with E-state index in [0.717, 1.165) is 19.3 Å². The van der Waals surface area contributed by atoms with Gasteiger partial charge in [-0.15, -0.1) is 5.10 Å². The quantitative estimate of drug-likeness (QED) is 0.417. The minimum absolute atomic E-state index is 0.136. The van der Waals surface area contributed by atoms with Gasteiger partial charge in [-0.1, -0.05) is 24.5 Å². The van der Waals surface area contributed by atoms with Crippen molar-refractivity contribution in [2.75, 3.05) is 6.54 Å². The van der Waals surface area contributed by atoms with Crippen molar-refractivity contribution in [2.45, 2.75) is 81.7 Å². The zero-order valence-corrected chi connectivity index (χ0v) is 16.4. The van der Waals surface area contributed by atoms with Crippen molar-refractivity contribution >= 4 is 11.8 Å². The summed E-state index contributed by atoms with van der Waals surface area (Å²) in [6, 6.07) is -0.634. The Hall–Kier alpha value is -2.04. The molecule has 1 aromatic heterocycles. The summed E-state index contributed by atoms with van der Waals surface area (Å²) >= 11 is 0. The molecule has 0 aromatic carbocycles. The van der Waals surface area contributed by atoms with E-state index in [9.17, 15) is 19.8 Å². The number of hydrogen-bond donors (Lipinski definition) is 5. The molecule has 28 heavy (non-hydrogen) atoms. The number of carbonyl (C=O) groups excluding carboxylic acids is 2. The Bertz CT molecular complexity index is 722. The summed E-state index contributed by atoms with van der Waals surface area (Å²) in [5.74, 6) is -1.09. The standard InChI is InChI=1S/C18H30N6O4/c1-17(2,28)13-10-21-23-24(13)11-8-12(20-9-11)16(27)22-18(14(25)15(19)26)6-4-3-5-7-18/h10-12,14,20,25,28H,3-9H2,1-2H3,(H2,19,26)(H,22,27). The largest absolute Gasteiger partial charge is 0.384 e. The van der Waals surface area contributed by atoms with Gasteiger partial charge in [-0.25, -0.2) is 4.68 Å². The van der Waals surface area contributed by atoms with E-state index < -0.39 is 29.2 Å². The second-order valence-electron chi connectivity index (χ2n) is 8.48. The Labute approximate surface area is 163 Å². The first-order chi connectivity index (χ1) is 13.1. The van der Waals surface area contributed by atoms with Crippen LogP contribution in [0.5, 0.6) is 0 Å². The van der Waals surface area contributed by atoms with Crippen LogP contribution in [0.3, 0.4) is 0 Å². The lowest BCUT2D eigenvalue weighted by molar-refractivity contribution is -0.135. The molecule has 0 radical (unpaired) electrons. The molecule has 2 amide bonds. The molecule has 3 unspecified atom stereocenters. The van der Waals surface area contributed by atoms with Gasteiger partial charge >= 0.3 is 0 Å². The monoisotopic (exact) mass is 394 g/mol. The third-order valence-electron chi connectivity index (χ3n) is 5.88. The van der Waals surface area contributed by atoms with Crippen LogP contribution in [-0.2, 0) is 15.2 Å². The van der Waals surface area contributed by atoms with Gasteiger partial charge in [-0.3, -0.25) is 9.59 Å². The van der Waals surface area contributed by atoms with Crippen LogP contribution < -0.4 is 16.4 Å². The van der Waals surface area contributed by atoms with Gasteiger partial charge in [0.05, 0.1) is 29.5 Å². The lowest BCUT2D eigenvalue weighted by atomic mass is 9.77. The molecule has 2 aliphatic rings. The highest BCUT2D eigenvalue weighted by Crippen LogP contribution is 2.32. The zero-order valence-electron chi connectivity index (χ0n) is 16.4. The van der Waals surface area contributed by atoms with E-state index in [0.29, 0.717) is 31.5 Å². The van der Waals surface area contributed by atoms with Crippen molar-refractivity contribution < 1.29 is 19.8 Å². The average molecular weight is 394 g/mol. The molecule has 6 N–H and O–H groups in total. The molecule has 1 saturated carbocycles. The second-order valence-corrected chi connectivity index (χ2v) is 8.48. The first kappa shape index (κ1) is 20.7. The SMILES string of the molecule is CC(C)(O)c1cnnn1C1CNC(C(=O)NC2(C(O)C(N)=O)CCCCC2)C1. The summed E-state index contributed by atoms with van der Waals surface area (Å²) in [5.41, 5.74) is 3.80. The third kappa shape index (κ3) is 4.03. The van der Waals surface area contributed by atoms with Gasteiger partial charge in [0.25, 0.3) is 0 Å². The van der Waals surface area contributed by atoms with Crippen LogP contribution in [0.2, 0.25) is 0 Å². The Kier molecular flexibility index (Phi) is 5.74. The van der Waals surface area contributed by atoms with E-state index in [-0.39, 0.29) is 11.9 Å². The lowest BCUT2D eigenvalue weighted by Crippen LogP contribution is -2.63. The predicted octanol–water partition coefficient (Wildman–Crippen LogP) is -0.926. The van der Waals surface area contributed by atoms with E-state index in [1.54, 1.807) is 18.5 Å². The average Bonchev–Trinajstić information content (AvgIpc) is 3.30. The van der Waals surface area contributed by atoms with E-state index >= 15 is 0 Å². The van der Waals surface area contributed by atoms with Crippen LogP contribution in [0.1, 0.15) is 64.1 Å².